The lowest BCUT2D eigenvalue weighted by atomic mass is 10.0. The summed E-state index contributed by atoms with van der Waals surface area (Å²) in [6, 6.07) is 7.49. The van der Waals surface area contributed by atoms with Crippen LogP contribution in [0.4, 0.5) is 0 Å². The molecule has 0 bridgehead atoms. The van der Waals surface area contributed by atoms with Gasteiger partial charge in [-0.05, 0) is 51.2 Å². The standard InChI is InChI=1S/C11H9Cl2IN2S/c12-8-3-1-2-7(10(8)13)11(16-15)6-4-9(14)17-5-6/h1-5,11,16H,15H2. The maximum Gasteiger partial charge on any atom is 0.0733 e. The minimum Gasteiger partial charge on any atom is -0.271 e. The van der Waals surface area contributed by atoms with Gasteiger partial charge in [-0.25, -0.2) is 5.43 Å². The molecule has 2 aromatic rings. The Hall–Kier alpha value is 0.150. The first-order chi connectivity index (χ1) is 8.13. The van der Waals surface area contributed by atoms with Gasteiger partial charge >= 0.3 is 0 Å². The van der Waals surface area contributed by atoms with Crippen LogP contribution >= 0.6 is 57.1 Å². The number of rotatable bonds is 3. The van der Waals surface area contributed by atoms with Gasteiger partial charge in [0, 0.05) is 0 Å². The van der Waals surface area contributed by atoms with Crippen molar-refractivity contribution in [1.82, 2.24) is 5.43 Å². The molecule has 0 aliphatic heterocycles. The average molecular weight is 399 g/mol. The third-order valence-corrected chi connectivity index (χ3v) is 5.02. The molecule has 0 saturated heterocycles. The number of hydrogen-bond acceptors (Lipinski definition) is 3. The Labute approximate surface area is 127 Å². The summed E-state index contributed by atoms with van der Waals surface area (Å²) in [4.78, 5) is 0. The Morgan fingerprint density at radius 3 is 2.71 bits per heavy atom. The molecule has 1 aromatic carbocycles. The van der Waals surface area contributed by atoms with E-state index in [4.69, 9.17) is 29.0 Å². The zero-order chi connectivity index (χ0) is 12.4. The van der Waals surface area contributed by atoms with Gasteiger partial charge < -0.3 is 0 Å². The van der Waals surface area contributed by atoms with Crippen LogP contribution in [-0.2, 0) is 0 Å². The zero-order valence-electron chi connectivity index (χ0n) is 8.58. The second-order valence-electron chi connectivity index (χ2n) is 3.43. The predicted molar refractivity (Wildman–Crippen MR) is 82.7 cm³/mol. The summed E-state index contributed by atoms with van der Waals surface area (Å²) in [5, 5.41) is 3.14. The molecule has 90 valence electrons. The topological polar surface area (TPSA) is 38.0 Å². The number of halogens is 3. The number of nitrogens with one attached hydrogen (secondary N) is 1. The predicted octanol–water partition coefficient (Wildman–Crippen LogP) is 4.21. The fourth-order valence-corrected chi connectivity index (χ4v) is 3.40. The number of nitrogens with two attached hydrogens (primary N) is 1. The maximum absolute atomic E-state index is 6.20. The minimum absolute atomic E-state index is 0.138. The van der Waals surface area contributed by atoms with E-state index < -0.39 is 0 Å². The Morgan fingerprint density at radius 2 is 2.12 bits per heavy atom. The van der Waals surface area contributed by atoms with Gasteiger partial charge in [-0.2, -0.15) is 0 Å². The second kappa shape index (κ2) is 5.86. The number of benzene rings is 1. The summed E-state index contributed by atoms with van der Waals surface area (Å²) in [5.41, 5.74) is 4.75. The van der Waals surface area contributed by atoms with Crippen molar-refractivity contribution in [2.75, 3.05) is 0 Å². The van der Waals surface area contributed by atoms with Crippen molar-refractivity contribution in [3.05, 3.63) is 53.7 Å². The van der Waals surface area contributed by atoms with E-state index in [0.29, 0.717) is 10.0 Å². The highest BCUT2D eigenvalue weighted by Gasteiger charge is 2.18. The van der Waals surface area contributed by atoms with Crippen molar-refractivity contribution in [1.29, 1.82) is 0 Å². The molecule has 2 rings (SSSR count). The van der Waals surface area contributed by atoms with E-state index in [1.165, 1.54) is 2.88 Å². The third kappa shape index (κ3) is 2.94. The molecule has 1 aromatic heterocycles. The van der Waals surface area contributed by atoms with E-state index >= 15 is 0 Å². The molecule has 6 heteroatoms. The monoisotopic (exact) mass is 398 g/mol. The van der Waals surface area contributed by atoms with Gasteiger partial charge in [-0.3, -0.25) is 5.84 Å². The summed E-state index contributed by atoms with van der Waals surface area (Å²) in [7, 11) is 0. The quantitative estimate of drug-likeness (QED) is 0.461. The summed E-state index contributed by atoms with van der Waals surface area (Å²) in [6.07, 6.45) is 0. The number of hydrazine groups is 1. The molecule has 0 saturated carbocycles. The summed E-state index contributed by atoms with van der Waals surface area (Å²) in [5.74, 6) is 5.62. The summed E-state index contributed by atoms with van der Waals surface area (Å²) < 4.78 is 1.20. The van der Waals surface area contributed by atoms with Crippen molar-refractivity contribution in [2.24, 2.45) is 5.84 Å². The zero-order valence-corrected chi connectivity index (χ0v) is 13.1. The van der Waals surface area contributed by atoms with E-state index in [0.717, 1.165) is 11.1 Å². The molecule has 0 aliphatic rings. The third-order valence-electron chi connectivity index (χ3n) is 2.38. The number of hydrogen-bond donors (Lipinski definition) is 2. The lowest BCUT2D eigenvalue weighted by molar-refractivity contribution is 0.639. The molecule has 0 amide bonds. The highest BCUT2D eigenvalue weighted by Crippen LogP contribution is 2.34. The molecular formula is C11H9Cl2IN2S. The smallest absolute Gasteiger partial charge is 0.0733 e. The van der Waals surface area contributed by atoms with Crippen molar-refractivity contribution in [3.63, 3.8) is 0 Å². The van der Waals surface area contributed by atoms with Crippen molar-refractivity contribution in [3.8, 4) is 0 Å². The van der Waals surface area contributed by atoms with Crippen molar-refractivity contribution in [2.45, 2.75) is 6.04 Å². The van der Waals surface area contributed by atoms with Gasteiger partial charge in [0.25, 0.3) is 0 Å². The van der Waals surface area contributed by atoms with E-state index in [9.17, 15) is 0 Å². The summed E-state index contributed by atoms with van der Waals surface area (Å²) >= 11 is 16.1. The molecule has 0 spiro atoms. The first-order valence-electron chi connectivity index (χ1n) is 4.77. The fourth-order valence-electron chi connectivity index (χ4n) is 1.58. The molecule has 1 atom stereocenters. The molecule has 2 nitrogen and oxygen atoms in total. The first-order valence-corrected chi connectivity index (χ1v) is 7.49. The SMILES string of the molecule is NNC(c1csc(I)c1)c1cccc(Cl)c1Cl. The maximum atomic E-state index is 6.20. The summed E-state index contributed by atoms with van der Waals surface area (Å²) in [6.45, 7) is 0. The van der Waals surface area contributed by atoms with Crippen LogP contribution in [0.5, 0.6) is 0 Å². The minimum atomic E-state index is -0.138. The Balaban J connectivity index is 2.45. The normalized spacial score (nSPS) is 12.7. The highest BCUT2D eigenvalue weighted by atomic mass is 127. The largest absolute Gasteiger partial charge is 0.271 e. The van der Waals surface area contributed by atoms with Crippen LogP contribution in [0.2, 0.25) is 10.0 Å². The van der Waals surface area contributed by atoms with Crippen molar-refractivity contribution < 1.29 is 0 Å². The van der Waals surface area contributed by atoms with E-state index in [1.54, 1.807) is 17.4 Å². The van der Waals surface area contributed by atoms with Crippen LogP contribution in [0.3, 0.4) is 0 Å². The molecule has 0 radical (unpaired) electrons. The van der Waals surface area contributed by atoms with E-state index in [-0.39, 0.29) is 6.04 Å². The van der Waals surface area contributed by atoms with Crippen LogP contribution in [0, 0.1) is 2.88 Å². The van der Waals surface area contributed by atoms with Gasteiger partial charge in [-0.15, -0.1) is 11.3 Å². The van der Waals surface area contributed by atoms with E-state index in [1.807, 2.05) is 12.1 Å². The Morgan fingerprint density at radius 1 is 1.35 bits per heavy atom. The van der Waals surface area contributed by atoms with Crippen LogP contribution in [-0.4, -0.2) is 0 Å². The number of thiophene rings is 1. The van der Waals surface area contributed by atoms with E-state index in [2.05, 4.69) is 39.5 Å². The molecule has 0 aliphatic carbocycles. The molecular weight excluding hydrogens is 390 g/mol. The van der Waals surface area contributed by atoms with Crippen LogP contribution in [0.15, 0.2) is 29.6 Å². The molecule has 17 heavy (non-hydrogen) atoms. The Kier molecular flexibility index (Phi) is 4.68. The van der Waals surface area contributed by atoms with Crippen LogP contribution < -0.4 is 11.3 Å². The first kappa shape index (κ1) is 13.6. The fraction of sp³-hybridized carbons (Fsp3) is 0.0909. The van der Waals surface area contributed by atoms with Crippen LogP contribution in [0.1, 0.15) is 17.2 Å². The van der Waals surface area contributed by atoms with Gasteiger partial charge in [0.05, 0.1) is 19.0 Å². The van der Waals surface area contributed by atoms with Crippen molar-refractivity contribution >= 4 is 57.1 Å². The Bertz CT molecular complexity index is 530. The molecule has 3 N–H and O–H groups in total. The second-order valence-corrected chi connectivity index (χ2v) is 7.02. The average Bonchev–Trinajstić information content (AvgIpc) is 2.72. The molecule has 1 heterocycles. The van der Waals surface area contributed by atoms with Gasteiger partial charge in [0.2, 0.25) is 0 Å². The molecule has 0 fully saturated rings. The van der Waals surface area contributed by atoms with Crippen LogP contribution in [0.25, 0.3) is 0 Å². The van der Waals surface area contributed by atoms with Gasteiger partial charge in [0.1, 0.15) is 0 Å². The molecule has 1 unspecified atom stereocenters. The lowest BCUT2D eigenvalue weighted by Crippen LogP contribution is -2.28. The lowest BCUT2D eigenvalue weighted by Gasteiger charge is -2.17. The van der Waals surface area contributed by atoms with Gasteiger partial charge in [0.15, 0.2) is 0 Å². The highest BCUT2D eigenvalue weighted by molar-refractivity contribution is 14.1. The van der Waals surface area contributed by atoms with Gasteiger partial charge in [-0.1, -0.05) is 35.3 Å².